The van der Waals surface area contributed by atoms with E-state index < -0.39 is 5.82 Å². The van der Waals surface area contributed by atoms with Gasteiger partial charge in [-0.3, -0.25) is 4.79 Å². The van der Waals surface area contributed by atoms with Gasteiger partial charge in [0.05, 0.1) is 6.10 Å². The molecule has 2 rings (SSSR count). The molecule has 1 aliphatic heterocycles. The van der Waals surface area contributed by atoms with Crippen LogP contribution in [0.25, 0.3) is 0 Å². The summed E-state index contributed by atoms with van der Waals surface area (Å²) in [6, 6.07) is 4.42. The van der Waals surface area contributed by atoms with Crippen molar-refractivity contribution in [3.05, 3.63) is 24.0 Å². The van der Waals surface area contributed by atoms with Crippen LogP contribution in [-0.4, -0.2) is 25.7 Å². The number of hydrogen-bond acceptors (Lipinski definition) is 3. The molecule has 1 amide bonds. The van der Waals surface area contributed by atoms with Crippen molar-refractivity contribution in [2.24, 2.45) is 0 Å². The van der Waals surface area contributed by atoms with Gasteiger partial charge in [-0.1, -0.05) is 6.07 Å². The van der Waals surface area contributed by atoms with Crippen LogP contribution in [0.5, 0.6) is 5.75 Å². The van der Waals surface area contributed by atoms with Gasteiger partial charge in [0, 0.05) is 6.61 Å². The maximum Gasteiger partial charge on any atom is 0.211 e. The molecule has 5 heteroatoms. The van der Waals surface area contributed by atoms with Gasteiger partial charge in [0.2, 0.25) is 6.41 Å². The highest BCUT2D eigenvalue weighted by atomic mass is 19.1. The number of rotatable bonds is 5. The molecule has 1 aliphatic rings. The van der Waals surface area contributed by atoms with Crippen molar-refractivity contribution in [2.75, 3.05) is 18.5 Å². The minimum atomic E-state index is -0.512. The van der Waals surface area contributed by atoms with Gasteiger partial charge < -0.3 is 14.8 Å². The lowest BCUT2D eigenvalue weighted by Gasteiger charge is -2.14. The third-order valence-corrected chi connectivity index (χ3v) is 2.63. The lowest BCUT2D eigenvalue weighted by molar-refractivity contribution is -0.105. The number of benzene rings is 1. The molecule has 0 aromatic heterocycles. The van der Waals surface area contributed by atoms with E-state index in [1.54, 1.807) is 6.07 Å². The largest absolute Gasteiger partial charge is 0.489 e. The van der Waals surface area contributed by atoms with Crippen LogP contribution in [0.4, 0.5) is 10.1 Å². The fourth-order valence-corrected chi connectivity index (χ4v) is 1.78. The van der Waals surface area contributed by atoms with E-state index in [1.165, 1.54) is 12.1 Å². The van der Waals surface area contributed by atoms with E-state index in [0.717, 1.165) is 19.4 Å². The molecule has 0 aliphatic carbocycles. The molecule has 0 bridgehead atoms. The summed E-state index contributed by atoms with van der Waals surface area (Å²) in [7, 11) is 0. The SMILES string of the molecule is O=CNc1c(F)cccc1OCC1CCCO1. The summed E-state index contributed by atoms with van der Waals surface area (Å²) < 4.78 is 24.3. The van der Waals surface area contributed by atoms with Gasteiger partial charge in [0.1, 0.15) is 18.0 Å². The Bertz CT molecular complexity index is 391. The Kier molecular flexibility index (Phi) is 3.93. The van der Waals surface area contributed by atoms with E-state index in [9.17, 15) is 9.18 Å². The molecular weight excluding hydrogens is 225 g/mol. The van der Waals surface area contributed by atoms with Gasteiger partial charge >= 0.3 is 0 Å². The Hall–Kier alpha value is -1.62. The van der Waals surface area contributed by atoms with Gasteiger partial charge in [-0.05, 0) is 25.0 Å². The number of ether oxygens (including phenoxy) is 2. The van der Waals surface area contributed by atoms with Crippen LogP contribution in [0.15, 0.2) is 18.2 Å². The summed E-state index contributed by atoms with van der Waals surface area (Å²) >= 11 is 0. The van der Waals surface area contributed by atoms with Crippen molar-refractivity contribution >= 4 is 12.1 Å². The summed E-state index contributed by atoms with van der Waals surface area (Å²) in [6.07, 6.45) is 2.46. The number of anilines is 1. The van der Waals surface area contributed by atoms with E-state index in [-0.39, 0.29) is 11.8 Å². The van der Waals surface area contributed by atoms with Crippen molar-refractivity contribution in [2.45, 2.75) is 18.9 Å². The Balaban J connectivity index is 2.03. The van der Waals surface area contributed by atoms with Crippen molar-refractivity contribution in [3.63, 3.8) is 0 Å². The number of carbonyl (C=O) groups is 1. The molecule has 0 spiro atoms. The molecule has 1 unspecified atom stereocenters. The Morgan fingerprint density at radius 2 is 2.47 bits per heavy atom. The lowest BCUT2D eigenvalue weighted by atomic mass is 10.2. The molecule has 17 heavy (non-hydrogen) atoms. The number of carbonyl (C=O) groups excluding carboxylic acids is 1. The molecule has 4 nitrogen and oxygen atoms in total. The number of hydrogen-bond donors (Lipinski definition) is 1. The first kappa shape index (κ1) is 11.9. The predicted molar refractivity (Wildman–Crippen MR) is 60.6 cm³/mol. The quantitative estimate of drug-likeness (QED) is 0.799. The van der Waals surface area contributed by atoms with Crippen LogP contribution in [0.2, 0.25) is 0 Å². The van der Waals surface area contributed by atoms with E-state index >= 15 is 0 Å². The number of para-hydroxylation sites is 1. The maximum absolute atomic E-state index is 13.4. The molecule has 92 valence electrons. The molecule has 1 fully saturated rings. The van der Waals surface area contributed by atoms with Crippen LogP contribution in [0, 0.1) is 5.82 Å². The van der Waals surface area contributed by atoms with E-state index in [4.69, 9.17) is 9.47 Å². The zero-order valence-corrected chi connectivity index (χ0v) is 9.32. The third-order valence-electron chi connectivity index (χ3n) is 2.63. The first-order valence-corrected chi connectivity index (χ1v) is 5.54. The van der Waals surface area contributed by atoms with E-state index in [1.807, 2.05) is 0 Å². The van der Waals surface area contributed by atoms with Crippen molar-refractivity contribution < 1.29 is 18.7 Å². The highest BCUT2D eigenvalue weighted by Crippen LogP contribution is 2.27. The van der Waals surface area contributed by atoms with Crippen LogP contribution < -0.4 is 10.1 Å². The average molecular weight is 239 g/mol. The smallest absolute Gasteiger partial charge is 0.211 e. The normalized spacial score (nSPS) is 19.0. The Morgan fingerprint density at radius 3 is 3.18 bits per heavy atom. The van der Waals surface area contributed by atoms with Gasteiger partial charge in [0.25, 0.3) is 0 Å². The van der Waals surface area contributed by atoms with E-state index in [0.29, 0.717) is 18.8 Å². The second-order valence-corrected chi connectivity index (χ2v) is 3.82. The maximum atomic E-state index is 13.4. The lowest BCUT2D eigenvalue weighted by Crippen LogP contribution is -2.17. The number of amides is 1. The Morgan fingerprint density at radius 1 is 1.59 bits per heavy atom. The fourth-order valence-electron chi connectivity index (χ4n) is 1.78. The predicted octanol–water partition coefficient (Wildman–Crippen LogP) is 1.95. The molecular formula is C12H14FNO3. The molecule has 1 aromatic carbocycles. The minimum Gasteiger partial charge on any atom is -0.489 e. The fraction of sp³-hybridized carbons (Fsp3) is 0.417. The minimum absolute atomic E-state index is 0.0577. The summed E-state index contributed by atoms with van der Waals surface area (Å²) in [5, 5.41) is 2.30. The molecule has 1 aromatic rings. The van der Waals surface area contributed by atoms with Crippen molar-refractivity contribution in [3.8, 4) is 5.75 Å². The summed E-state index contributed by atoms with van der Waals surface area (Å²) in [6.45, 7) is 1.12. The molecule has 1 atom stereocenters. The van der Waals surface area contributed by atoms with Gasteiger partial charge in [0.15, 0.2) is 5.82 Å². The summed E-state index contributed by atoms with van der Waals surface area (Å²) in [4.78, 5) is 10.4. The van der Waals surface area contributed by atoms with Crippen LogP contribution in [0.3, 0.4) is 0 Å². The first-order chi connectivity index (χ1) is 8.31. The van der Waals surface area contributed by atoms with Gasteiger partial charge in [-0.15, -0.1) is 0 Å². The van der Waals surface area contributed by atoms with Gasteiger partial charge in [-0.25, -0.2) is 4.39 Å². The van der Waals surface area contributed by atoms with Crippen LogP contribution >= 0.6 is 0 Å². The standard InChI is InChI=1S/C12H14FNO3/c13-10-4-1-5-11(12(10)14-8-15)17-7-9-3-2-6-16-9/h1,4-5,8-9H,2-3,6-7H2,(H,14,15). The topological polar surface area (TPSA) is 47.6 Å². The number of halogens is 1. The zero-order valence-electron chi connectivity index (χ0n) is 9.32. The van der Waals surface area contributed by atoms with Gasteiger partial charge in [-0.2, -0.15) is 0 Å². The first-order valence-electron chi connectivity index (χ1n) is 5.54. The van der Waals surface area contributed by atoms with Crippen LogP contribution in [-0.2, 0) is 9.53 Å². The average Bonchev–Trinajstić information content (AvgIpc) is 2.83. The second-order valence-electron chi connectivity index (χ2n) is 3.82. The van der Waals surface area contributed by atoms with E-state index in [2.05, 4.69) is 5.32 Å². The highest BCUT2D eigenvalue weighted by molar-refractivity contribution is 5.75. The summed E-state index contributed by atoms with van der Waals surface area (Å²) in [5.41, 5.74) is 0.0699. The van der Waals surface area contributed by atoms with Crippen molar-refractivity contribution in [1.29, 1.82) is 0 Å². The van der Waals surface area contributed by atoms with Crippen molar-refractivity contribution in [1.82, 2.24) is 0 Å². The third kappa shape index (κ3) is 2.94. The molecule has 0 radical (unpaired) electrons. The highest BCUT2D eigenvalue weighted by Gasteiger charge is 2.17. The monoisotopic (exact) mass is 239 g/mol. The van der Waals surface area contributed by atoms with Crippen LogP contribution in [0.1, 0.15) is 12.8 Å². The second kappa shape index (κ2) is 5.63. The number of nitrogens with one attached hydrogen (secondary N) is 1. The Labute approximate surface area is 98.7 Å². The molecule has 1 saturated heterocycles. The molecule has 1 heterocycles. The zero-order chi connectivity index (χ0) is 12.1. The summed E-state index contributed by atoms with van der Waals surface area (Å²) in [5.74, 6) is -0.186. The molecule has 0 saturated carbocycles. The molecule has 1 N–H and O–H groups in total.